The van der Waals surface area contributed by atoms with Crippen LogP contribution in [0, 0.1) is 933 Å². The molecule has 0 aliphatic rings. The molecule has 0 saturated heterocycles. The summed E-state index contributed by atoms with van der Waals surface area (Å²) in [6.45, 7) is 0. The van der Waals surface area contributed by atoms with Crippen LogP contribution in [0.1, 0.15) is 0 Å². The average molecular weight is 7140 g/mol. The Labute approximate surface area is 898 Å². The zero-order chi connectivity index (χ0) is 0. The molecule has 0 atom stereocenters. The van der Waals surface area contributed by atoms with Crippen LogP contribution in [-0.2, 0) is 0 Å². The van der Waals surface area contributed by atoms with Gasteiger partial charge in [-0.3, -0.25) is 0 Å². The second-order valence-electron chi connectivity index (χ2n) is 0. The molecule has 30 heteroatoms. The number of hydrogen-bond acceptors (Lipinski definition) is 0. The third-order valence-corrected chi connectivity index (χ3v) is 0. The molecule has 0 rings (SSSR count). The summed E-state index contributed by atoms with van der Waals surface area (Å²) in [6, 6.07) is 0. The summed E-state index contributed by atoms with van der Waals surface area (Å²) in [5.74, 6) is 0. The van der Waals surface area contributed by atoms with E-state index >= 15 is 0 Å². The Hall–Kier alpha value is 31.6. The molecule has 0 aromatic carbocycles. The van der Waals surface area contributed by atoms with E-state index in [4.69, 9.17) is 0 Å². The molecule has 0 saturated carbocycles. The first-order valence-electron chi connectivity index (χ1n) is 0. The van der Waals surface area contributed by atoms with Crippen molar-refractivity contribution in [2.45, 2.75) is 0 Å². The fourth-order valence-electron chi connectivity index (χ4n) is 0. The Bertz CT molecular complexity index is 0. The van der Waals surface area contributed by atoms with Crippen LogP contribution >= 0.6 is 0 Å². The molecule has 0 fully saturated rings. The van der Waals surface area contributed by atoms with E-state index in [2.05, 4.69) is 0 Å². The van der Waals surface area contributed by atoms with Gasteiger partial charge < -0.3 is 0 Å². The second-order valence-corrected chi connectivity index (χ2v) is 0. The second kappa shape index (κ2) is 216. The van der Waals surface area contributed by atoms with Crippen molar-refractivity contribution in [3.05, 3.63) is 0 Å². The van der Waals surface area contributed by atoms with Crippen LogP contribution in [0.3, 0.4) is 0 Å². The molecule has 0 aromatic heterocycles. The molecule has 0 N–H and O–H groups in total. The van der Waals surface area contributed by atoms with Crippen LogP contribution in [-0.4, -0.2) is 0 Å². The van der Waals surface area contributed by atoms with E-state index < -0.39 is 0 Å². The quantitative estimate of drug-likeness (QED) is 0.321. The molecular formula is U30. The van der Waals surface area contributed by atoms with E-state index in [1.165, 1.54) is 0 Å². The Morgan fingerprint density at radius 3 is 0.0333 bits per heavy atom. The number of hydrogen-bond donors (Lipinski definition) is 0. The van der Waals surface area contributed by atoms with E-state index in [-0.39, 0.29) is 933 Å². The van der Waals surface area contributed by atoms with E-state index in [0.717, 1.165) is 0 Å². The first-order valence-corrected chi connectivity index (χ1v) is 0. The maximum absolute atomic E-state index is 0. The Morgan fingerprint density at radius 1 is 0.0333 bits per heavy atom. The summed E-state index contributed by atoms with van der Waals surface area (Å²) >= 11 is 0. The molecule has 0 unspecified atom stereocenters. The van der Waals surface area contributed by atoms with Crippen molar-refractivity contribution in [2.24, 2.45) is 0 Å². The van der Waals surface area contributed by atoms with Gasteiger partial charge in [-0.25, -0.2) is 0 Å². The van der Waals surface area contributed by atoms with Gasteiger partial charge >= 0.3 is 0 Å². The summed E-state index contributed by atoms with van der Waals surface area (Å²) in [4.78, 5) is 0. The minimum atomic E-state index is 0. The van der Waals surface area contributed by atoms with Gasteiger partial charge in [0, 0.05) is 933 Å². The smallest absolute Gasteiger partial charge is 0 e. The number of rotatable bonds is 0. The molecule has 0 bridgehead atoms. The van der Waals surface area contributed by atoms with Gasteiger partial charge in [0.15, 0.2) is 0 Å². The van der Waals surface area contributed by atoms with Gasteiger partial charge in [-0.05, 0) is 0 Å². The van der Waals surface area contributed by atoms with Crippen molar-refractivity contribution < 1.29 is 933 Å². The minimum Gasteiger partial charge on any atom is 0 e. The Balaban J connectivity index is 0. The van der Waals surface area contributed by atoms with Crippen LogP contribution in [0.25, 0.3) is 0 Å². The zero-order valence-corrected chi connectivity index (χ0v) is 140. The van der Waals surface area contributed by atoms with Crippen LogP contribution in [0.4, 0.5) is 0 Å². The third kappa shape index (κ3) is 205. The van der Waals surface area contributed by atoms with Crippen molar-refractivity contribution in [1.29, 1.82) is 0 Å². The summed E-state index contributed by atoms with van der Waals surface area (Å²) in [5.41, 5.74) is 0. The molecule has 0 amide bonds. The zero-order valence-electron chi connectivity index (χ0n) is 15.0. The summed E-state index contributed by atoms with van der Waals surface area (Å²) in [7, 11) is 0. The fourth-order valence-corrected chi connectivity index (χ4v) is 0. The van der Waals surface area contributed by atoms with E-state index in [1.807, 2.05) is 0 Å². The van der Waals surface area contributed by atoms with Crippen LogP contribution < -0.4 is 0 Å². The minimum absolute atomic E-state index is 0. The molecule has 0 nitrogen and oxygen atoms in total. The molecule has 30 heavy (non-hydrogen) atoms. The van der Waals surface area contributed by atoms with Crippen molar-refractivity contribution in [2.75, 3.05) is 0 Å². The molecule has 0 aliphatic carbocycles. The average Bonchev–Trinajstić information content (AvgIpc) is 0. The molecular weight excluding hydrogens is 7140 g/mol. The maximum Gasteiger partial charge on any atom is 0 e. The topological polar surface area (TPSA) is 0 Å². The summed E-state index contributed by atoms with van der Waals surface area (Å²) in [5, 5.41) is 0. The first kappa shape index (κ1) is 227. The monoisotopic (exact) mass is 7140 g/mol. The summed E-state index contributed by atoms with van der Waals surface area (Å²) in [6.07, 6.45) is 0. The molecule has 0 radical (unpaired) electrons. The largest absolute Gasteiger partial charge is 0 e. The third-order valence-electron chi connectivity index (χ3n) is 0. The molecule has 0 heterocycles. The van der Waals surface area contributed by atoms with Gasteiger partial charge in [0.05, 0.1) is 0 Å². The van der Waals surface area contributed by atoms with E-state index in [0.29, 0.717) is 0 Å². The van der Waals surface area contributed by atoms with Crippen molar-refractivity contribution in [3.63, 3.8) is 0 Å². The SMILES string of the molecule is [U].[U].[U].[U].[U].[U].[U].[U].[U].[U].[U].[U].[U].[U].[U].[U].[U].[U].[U].[U].[U].[U].[U].[U].[U].[U].[U].[U].[U].[U]. The van der Waals surface area contributed by atoms with Gasteiger partial charge in [-0.15, -0.1) is 0 Å². The van der Waals surface area contributed by atoms with Gasteiger partial charge in [0.2, 0.25) is 0 Å². The molecule has 0 spiro atoms. The van der Waals surface area contributed by atoms with Crippen LogP contribution in [0.5, 0.6) is 0 Å². The standard InChI is InChI=1S/30U. The van der Waals surface area contributed by atoms with Crippen molar-refractivity contribution in [3.8, 4) is 0 Å². The van der Waals surface area contributed by atoms with Crippen molar-refractivity contribution in [1.82, 2.24) is 0 Å². The fraction of sp³-hybridized carbons (Fsp3) is 0. The molecule has 0 aromatic rings. The van der Waals surface area contributed by atoms with Gasteiger partial charge in [0.25, 0.3) is 0 Å². The van der Waals surface area contributed by atoms with Crippen LogP contribution in [0.2, 0.25) is 0 Å². The maximum atomic E-state index is 0. The van der Waals surface area contributed by atoms with Crippen molar-refractivity contribution >= 4 is 0 Å². The summed E-state index contributed by atoms with van der Waals surface area (Å²) < 4.78 is 0. The normalized spacial score (nSPS) is 0. The molecule has 0 aliphatic heterocycles. The van der Waals surface area contributed by atoms with E-state index in [9.17, 15) is 0 Å². The van der Waals surface area contributed by atoms with Crippen LogP contribution in [0.15, 0.2) is 0 Å². The Kier molecular flexibility index (Phi) is 1630. The van der Waals surface area contributed by atoms with Gasteiger partial charge in [0.1, 0.15) is 0 Å². The predicted molar refractivity (Wildman–Crippen MR) is 0 cm³/mol. The Morgan fingerprint density at radius 2 is 0.0333 bits per heavy atom. The molecule has 120 valence electrons. The predicted octanol–water partition coefficient (Wildman–Crippen LogP) is 0. The van der Waals surface area contributed by atoms with Gasteiger partial charge in [-0.1, -0.05) is 0 Å². The first-order chi connectivity index (χ1) is 0. The van der Waals surface area contributed by atoms with Gasteiger partial charge in [-0.2, -0.15) is 0 Å². The van der Waals surface area contributed by atoms with E-state index in [1.54, 1.807) is 0 Å².